The lowest BCUT2D eigenvalue weighted by atomic mass is 9.51. The number of ether oxygens (including phenoxy) is 1. The van der Waals surface area contributed by atoms with Gasteiger partial charge in [0, 0.05) is 32.1 Å². The van der Waals surface area contributed by atoms with E-state index in [0.29, 0.717) is 32.1 Å². The molecule has 0 aromatic carbocycles. The predicted octanol–water partition coefficient (Wildman–Crippen LogP) is 2.43. The molecule has 11 heteroatoms. The minimum Gasteiger partial charge on any atom is -0.393 e. The third kappa shape index (κ3) is 6.05. The zero-order valence-electron chi connectivity index (χ0n) is 26.0. The normalized spacial score (nSPS) is 31.1. The van der Waals surface area contributed by atoms with Crippen molar-refractivity contribution in [3.8, 4) is 0 Å². The molecule has 5 N–H and O–H groups in total. The monoisotopic (exact) mass is 600 g/mol. The van der Waals surface area contributed by atoms with Crippen LogP contribution in [0.5, 0.6) is 0 Å². The van der Waals surface area contributed by atoms with E-state index >= 15 is 0 Å². The molecule has 42 heavy (non-hydrogen) atoms. The number of rotatable bonds is 21. The van der Waals surface area contributed by atoms with E-state index in [-0.39, 0.29) is 32.1 Å². The minimum absolute atomic E-state index is 0.0680. The second-order valence-corrected chi connectivity index (χ2v) is 11.5. The first kappa shape index (κ1) is 38.1. The summed E-state index contributed by atoms with van der Waals surface area (Å²) in [4.78, 5) is 69.6. The molecule has 1 unspecified atom stereocenters. The molecule has 242 valence electrons. The molecular formula is C31H52O11. The van der Waals surface area contributed by atoms with E-state index in [1.807, 2.05) is 0 Å². The molecule has 0 spiro atoms. The Morgan fingerprint density at radius 2 is 0.786 bits per heavy atom. The van der Waals surface area contributed by atoms with Gasteiger partial charge in [0.05, 0.1) is 6.61 Å². The molecule has 0 saturated carbocycles. The average Bonchev–Trinajstić information content (AvgIpc) is 2.98. The van der Waals surface area contributed by atoms with Crippen molar-refractivity contribution in [2.24, 2.45) is 0 Å². The van der Waals surface area contributed by atoms with Gasteiger partial charge in [-0.05, 0) is 32.1 Å². The summed E-state index contributed by atoms with van der Waals surface area (Å²) in [6.45, 7) is 7.04. The van der Waals surface area contributed by atoms with Crippen LogP contribution in [0.4, 0.5) is 0 Å². The quantitative estimate of drug-likeness (QED) is 0.130. The Bertz CT molecular complexity index is 980. The maximum atomic E-state index is 14.1. The van der Waals surface area contributed by atoms with Crippen LogP contribution in [0.3, 0.4) is 0 Å². The molecule has 0 radical (unpaired) electrons. The maximum Gasteiger partial charge on any atom is 0.268 e. The zero-order chi connectivity index (χ0) is 32.4. The van der Waals surface area contributed by atoms with Gasteiger partial charge in [-0.3, -0.25) is 24.0 Å². The molecule has 1 saturated heterocycles. The highest BCUT2D eigenvalue weighted by atomic mass is 16.7. The Labute approximate surface area is 249 Å². The van der Waals surface area contributed by atoms with Gasteiger partial charge < -0.3 is 30.3 Å². The van der Waals surface area contributed by atoms with Crippen LogP contribution in [0.15, 0.2) is 0 Å². The SMILES string of the molecule is CCCCC(=O)C1(O)O[C@@](CO)(C(=O)CCCC)[C@](O)(C(=O)CCCC)[C@@](O)(C(=O)CCCC)[C@]1(O)C(=O)CCCC. The first-order chi connectivity index (χ1) is 19.7. The summed E-state index contributed by atoms with van der Waals surface area (Å²) in [5.41, 5.74) is -14.8. The molecule has 1 aliphatic rings. The summed E-state index contributed by atoms with van der Waals surface area (Å²) < 4.78 is 5.66. The lowest BCUT2D eigenvalue weighted by Crippen LogP contribution is -2.95. The van der Waals surface area contributed by atoms with E-state index in [2.05, 4.69) is 0 Å². The van der Waals surface area contributed by atoms with Crippen molar-refractivity contribution < 1.29 is 54.2 Å². The molecule has 0 aromatic rings. The van der Waals surface area contributed by atoms with Gasteiger partial charge in [0.25, 0.3) is 5.79 Å². The van der Waals surface area contributed by atoms with Crippen LogP contribution in [0, 0.1) is 0 Å². The standard InChI is InChI=1S/C31H52O11/c1-6-11-16-22(33)27(21-32)28(38,23(34)17-12-7-2)29(39,24(35)18-13-8-3)30(40,25(36)19-14-9-4)31(41,42-27)26(37)20-15-10-5/h32,38-41H,6-21H2,1-5H3/t27-,28+,29-,30+,31?/m0/s1. The van der Waals surface area contributed by atoms with Gasteiger partial charge in [-0.2, -0.15) is 0 Å². The summed E-state index contributed by atoms with van der Waals surface area (Å²) >= 11 is 0. The highest BCUT2D eigenvalue weighted by Crippen LogP contribution is 2.57. The first-order valence-electron chi connectivity index (χ1n) is 15.5. The van der Waals surface area contributed by atoms with Gasteiger partial charge in [-0.25, -0.2) is 0 Å². The lowest BCUT2D eigenvalue weighted by molar-refractivity contribution is -0.410. The Hall–Kier alpha value is -1.89. The zero-order valence-corrected chi connectivity index (χ0v) is 26.0. The smallest absolute Gasteiger partial charge is 0.268 e. The minimum atomic E-state index is -3.94. The fourth-order valence-corrected chi connectivity index (χ4v) is 5.77. The Morgan fingerprint density at radius 1 is 0.476 bits per heavy atom. The van der Waals surface area contributed by atoms with Crippen LogP contribution in [0.25, 0.3) is 0 Å². The highest BCUT2D eigenvalue weighted by Gasteiger charge is 2.89. The Balaban J connectivity index is 4.46. The van der Waals surface area contributed by atoms with Gasteiger partial charge in [0.15, 0.2) is 34.5 Å². The Kier molecular flexibility index (Phi) is 14.3. The number of unbranched alkanes of at least 4 members (excludes halogenated alkanes) is 5. The maximum absolute atomic E-state index is 14.1. The van der Waals surface area contributed by atoms with E-state index in [1.165, 1.54) is 0 Å². The second kappa shape index (κ2) is 15.7. The van der Waals surface area contributed by atoms with Gasteiger partial charge >= 0.3 is 0 Å². The number of carbonyl (C=O) groups excluding carboxylic acids is 5. The Morgan fingerprint density at radius 3 is 1.14 bits per heavy atom. The van der Waals surface area contributed by atoms with Crippen molar-refractivity contribution >= 4 is 28.9 Å². The predicted molar refractivity (Wildman–Crippen MR) is 153 cm³/mol. The first-order valence-corrected chi connectivity index (χ1v) is 15.5. The van der Waals surface area contributed by atoms with Crippen molar-refractivity contribution in [2.75, 3.05) is 6.61 Å². The van der Waals surface area contributed by atoms with E-state index < -0.39 is 95.8 Å². The van der Waals surface area contributed by atoms with Crippen LogP contribution in [-0.4, -0.2) is 89.2 Å². The van der Waals surface area contributed by atoms with E-state index in [9.17, 15) is 49.5 Å². The number of aliphatic hydroxyl groups is 5. The van der Waals surface area contributed by atoms with Gasteiger partial charge in [-0.15, -0.1) is 0 Å². The summed E-state index contributed by atoms with van der Waals surface area (Å²) in [5, 5.41) is 60.2. The number of hydrogen-bond acceptors (Lipinski definition) is 11. The summed E-state index contributed by atoms with van der Waals surface area (Å²) in [5.74, 6) is -10.5. The molecule has 1 aliphatic heterocycles. The summed E-state index contributed by atoms with van der Waals surface area (Å²) in [6.07, 6.45) is -0.0813. The third-order valence-electron chi connectivity index (χ3n) is 8.49. The van der Waals surface area contributed by atoms with Crippen molar-refractivity contribution in [1.82, 2.24) is 0 Å². The topological polar surface area (TPSA) is 196 Å². The number of ketones is 5. The van der Waals surface area contributed by atoms with Gasteiger partial charge in [0.2, 0.25) is 16.8 Å². The molecule has 1 fully saturated rings. The van der Waals surface area contributed by atoms with Gasteiger partial charge in [0.1, 0.15) is 0 Å². The van der Waals surface area contributed by atoms with Crippen LogP contribution in [0.2, 0.25) is 0 Å². The molecular weight excluding hydrogens is 548 g/mol. The van der Waals surface area contributed by atoms with E-state index in [4.69, 9.17) is 4.74 Å². The number of aliphatic hydroxyl groups excluding tert-OH is 1. The lowest BCUT2D eigenvalue weighted by Gasteiger charge is -2.64. The van der Waals surface area contributed by atoms with E-state index in [0.717, 1.165) is 0 Å². The number of carbonyl (C=O) groups is 5. The fourth-order valence-electron chi connectivity index (χ4n) is 5.77. The molecule has 5 atom stereocenters. The fraction of sp³-hybridized carbons (Fsp3) is 0.839. The molecule has 1 rings (SSSR count). The summed E-state index contributed by atoms with van der Waals surface area (Å²) in [6, 6.07) is 0. The van der Waals surface area contributed by atoms with Crippen molar-refractivity contribution in [3.63, 3.8) is 0 Å². The van der Waals surface area contributed by atoms with Crippen molar-refractivity contribution in [1.29, 1.82) is 0 Å². The number of Topliss-reactive ketones (excluding diaryl/α,β-unsaturated/α-hetero) is 5. The second-order valence-electron chi connectivity index (χ2n) is 11.5. The van der Waals surface area contributed by atoms with Crippen LogP contribution < -0.4 is 0 Å². The molecule has 0 bridgehead atoms. The number of hydrogen-bond donors (Lipinski definition) is 5. The van der Waals surface area contributed by atoms with Crippen LogP contribution in [-0.2, 0) is 28.7 Å². The van der Waals surface area contributed by atoms with Crippen molar-refractivity contribution in [2.45, 2.75) is 159 Å². The van der Waals surface area contributed by atoms with Crippen molar-refractivity contribution in [3.05, 3.63) is 0 Å². The third-order valence-corrected chi connectivity index (χ3v) is 8.49. The molecule has 0 amide bonds. The molecule has 0 aliphatic carbocycles. The molecule has 1 heterocycles. The average molecular weight is 601 g/mol. The van der Waals surface area contributed by atoms with E-state index in [1.54, 1.807) is 34.6 Å². The molecule has 11 nitrogen and oxygen atoms in total. The highest BCUT2D eigenvalue weighted by molar-refractivity contribution is 6.13. The largest absolute Gasteiger partial charge is 0.393 e. The summed E-state index contributed by atoms with van der Waals surface area (Å²) in [7, 11) is 0. The molecule has 0 aromatic heterocycles. The van der Waals surface area contributed by atoms with Gasteiger partial charge in [-0.1, -0.05) is 66.7 Å². The van der Waals surface area contributed by atoms with Crippen LogP contribution >= 0.6 is 0 Å². The van der Waals surface area contributed by atoms with Crippen LogP contribution in [0.1, 0.15) is 131 Å².